The molecule has 4 nitrogen and oxygen atoms in total. The van der Waals surface area contributed by atoms with Crippen LogP contribution in [0.5, 0.6) is 0 Å². The van der Waals surface area contributed by atoms with Crippen LogP contribution in [-0.4, -0.2) is 48.8 Å². The monoisotopic (exact) mass is 363 g/mol. The summed E-state index contributed by atoms with van der Waals surface area (Å²) in [5, 5.41) is 19.9. The fourth-order valence-electron chi connectivity index (χ4n) is 3.72. The summed E-state index contributed by atoms with van der Waals surface area (Å²) >= 11 is 0. The van der Waals surface area contributed by atoms with Crippen LogP contribution < -0.4 is 4.90 Å². The van der Waals surface area contributed by atoms with Crippen molar-refractivity contribution in [2.45, 2.75) is 31.8 Å². The van der Waals surface area contributed by atoms with E-state index in [9.17, 15) is 5.11 Å². The van der Waals surface area contributed by atoms with Gasteiger partial charge in [-0.25, -0.2) is 0 Å². The third-order valence-electron chi connectivity index (χ3n) is 5.59. The van der Waals surface area contributed by atoms with Crippen LogP contribution >= 0.6 is 0 Å². The standard InChI is InChI=1S/C23H29N3O/c1-19-3-9-22(10-4-19)25(2)18-23(27)12-15-26(16-13-23)14-11-20-5-7-21(17-24)8-6-20/h3-10,27H,11-16,18H2,1-2H3. The van der Waals surface area contributed by atoms with Gasteiger partial charge in [-0.1, -0.05) is 29.8 Å². The van der Waals surface area contributed by atoms with Crippen molar-refractivity contribution in [1.82, 2.24) is 4.90 Å². The zero-order valence-electron chi connectivity index (χ0n) is 16.4. The first-order valence-electron chi connectivity index (χ1n) is 9.69. The normalized spacial score (nSPS) is 16.7. The van der Waals surface area contributed by atoms with Crippen LogP contribution in [0.2, 0.25) is 0 Å². The fourth-order valence-corrected chi connectivity index (χ4v) is 3.72. The number of likely N-dealkylation sites (N-methyl/N-ethyl adjacent to an activating group) is 1. The maximum atomic E-state index is 11.0. The molecule has 0 amide bonds. The summed E-state index contributed by atoms with van der Waals surface area (Å²) in [6.45, 7) is 5.60. The number of aryl methyl sites for hydroxylation is 1. The third-order valence-corrected chi connectivity index (χ3v) is 5.59. The van der Waals surface area contributed by atoms with Crippen molar-refractivity contribution < 1.29 is 5.11 Å². The average molecular weight is 364 g/mol. The molecule has 142 valence electrons. The van der Waals surface area contributed by atoms with Gasteiger partial charge in [0.2, 0.25) is 0 Å². The summed E-state index contributed by atoms with van der Waals surface area (Å²) in [5.74, 6) is 0. The third kappa shape index (κ3) is 5.32. The van der Waals surface area contributed by atoms with Crippen molar-refractivity contribution in [1.29, 1.82) is 5.26 Å². The molecular formula is C23H29N3O. The smallest absolute Gasteiger partial charge is 0.0991 e. The molecule has 0 spiro atoms. The summed E-state index contributed by atoms with van der Waals surface area (Å²) in [4.78, 5) is 4.59. The van der Waals surface area contributed by atoms with Gasteiger partial charge in [0, 0.05) is 38.9 Å². The molecule has 0 radical (unpaired) electrons. The molecule has 0 atom stereocenters. The molecule has 0 aromatic heterocycles. The number of aliphatic hydroxyl groups is 1. The quantitative estimate of drug-likeness (QED) is 0.855. The van der Waals surface area contributed by atoms with Crippen LogP contribution in [0.25, 0.3) is 0 Å². The minimum Gasteiger partial charge on any atom is -0.388 e. The number of hydrogen-bond acceptors (Lipinski definition) is 4. The number of hydrogen-bond donors (Lipinski definition) is 1. The van der Waals surface area contributed by atoms with E-state index in [0.29, 0.717) is 12.1 Å². The molecule has 1 aliphatic heterocycles. The summed E-state index contributed by atoms with van der Waals surface area (Å²) in [5.41, 5.74) is 3.75. The molecule has 1 fully saturated rings. The number of anilines is 1. The van der Waals surface area contributed by atoms with Crippen LogP contribution in [0.15, 0.2) is 48.5 Å². The van der Waals surface area contributed by atoms with Gasteiger partial charge >= 0.3 is 0 Å². The summed E-state index contributed by atoms with van der Waals surface area (Å²) < 4.78 is 0. The molecule has 1 saturated heterocycles. The fraction of sp³-hybridized carbons (Fsp3) is 0.435. The van der Waals surface area contributed by atoms with Crippen LogP contribution in [0, 0.1) is 18.3 Å². The molecular weight excluding hydrogens is 334 g/mol. The van der Waals surface area contributed by atoms with Crippen molar-refractivity contribution in [3.63, 3.8) is 0 Å². The Kier molecular flexibility index (Phi) is 6.15. The minimum atomic E-state index is -0.620. The van der Waals surface area contributed by atoms with Gasteiger partial charge < -0.3 is 14.9 Å². The maximum absolute atomic E-state index is 11.0. The number of nitriles is 1. The summed E-state index contributed by atoms with van der Waals surface area (Å²) in [6, 6.07) is 18.4. The predicted octanol–water partition coefficient (Wildman–Crippen LogP) is 3.37. The average Bonchev–Trinajstić information content (AvgIpc) is 2.68. The molecule has 0 saturated carbocycles. The van der Waals surface area contributed by atoms with E-state index < -0.39 is 5.60 Å². The number of piperidine rings is 1. The van der Waals surface area contributed by atoms with E-state index >= 15 is 0 Å². The summed E-state index contributed by atoms with van der Waals surface area (Å²) in [7, 11) is 2.06. The summed E-state index contributed by atoms with van der Waals surface area (Å²) in [6.07, 6.45) is 2.58. The van der Waals surface area contributed by atoms with Gasteiger partial charge in [-0.05, 0) is 56.0 Å². The highest BCUT2D eigenvalue weighted by Gasteiger charge is 2.33. The van der Waals surface area contributed by atoms with E-state index in [1.165, 1.54) is 11.1 Å². The van der Waals surface area contributed by atoms with Gasteiger partial charge in [0.05, 0.1) is 17.2 Å². The Balaban J connectivity index is 1.47. The van der Waals surface area contributed by atoms with E-state index in [-0.39, 0.29) is 0 Å². The second-order valence-corrected chi connectivity index (χ2v) is 7.82. The molecule has 0 bridgehead atoms. The Morgan fingerprint density at radius 1 is 1.07 bits per heavy atom. The Bertz CT molecular complexity index is 769. The van der Waals surface area contributed by atoms with Crippen LogP contribution in [0.3, 0.4) is 0 Å². The van der Waals surface area contributed by atoms with Crippen molar-refractivity contribution in [2.24, 2.45) is 0 Å². The van der Waals surface area contributed by atoms with Crippen molar-refractivity contribution in [2.75, 3.05) is 38.1 Å². The lowest BCUT2D eigenvalue weighted by Gasteiger charge is -2.40. The second-order valence-electron chi connectivity index (χ2n) is 7.82. The van der Waals surface area contributed by atoms with Gasteiger partial charge in [-0.15, -0.1) is 0 Å². The van der Waals surface area contributed by atoms with E-state index in [1.807, 2.05) is 24.3 Å². The molecule has 4 heteroatoms. The van der Waals surface area contributed by atoms with Gasteiger partial charge in [0.25, 0.3) is 0 Å². The van der Waals surface area contributed by atoms with Gasteiger partial charge in [0.1, 0.15) is 0 Å². The number of likely N-dealkylation sites (tertiary alicyclic amines) is 1. The van der Waals surface area contributed by atoms with Gasteiger partial charge in [-0.2, -0.15) is 5.26 Å². The zero-order chi connectivity index (χ0) is 19.3. The topological polar surface area (TPSA) is 50.5 Å². The second kappa shape index (κ2) is 8.56. The van der Waals surface area contributed by atoms with E-state index in [2.05, 4.69) is 54.1 Å². The highest BCUT2D eigenvalue weighted by atomic mass is 16.3. The van der Waals surface area contributed by atoms with E-state index in [4.69, 9.17) is 5.26 Å². The molecule has 2 aromatic rings. The van der Waals surface area contributed by atoms with E-state index in [1.54, 1.807) is 0 Å². The van der Waals surface area contributed by atoms with Crippen molar-refractivity contribution >= 4 is 5.69 Å². The predicted molar refractivity (Wildman–Crippen MR) is 110 cm³/mol. The first kappa shape index (κ1) is 19.4. The van der Waals surface area contributed by atoms with Crippen LogP contribution in [0.4, 0.5) is 5.69 Å². The van der Waals surface area contributed by atoms with Gasteiger partial charge in [0.15, 0.2) is 0 Å². The first-order chi connectivity index (χ1) is 13.0. The Labute approximate surface area is 162 Å². The lowest BCUT2D eigenvalue weighted by Crippen LogP contribution is -2.50. The van der Waals surface area contributed by atoms with Crippen LogP contribution in [-0.2, 0) is 6.42 Å². The SMILES string of the molecule is Cc1ccc(N(C)CC2(O)CCN(CCc3ccc(C#N)cc3)CC2)cc1. The maximum Gasteiger partial charge on any atom is 0.0991 e. The molecule has 1 heterocycles. The highest BCUT2D eigenvalue weighted by molar-refractivity contribution is 5.47. The largest absolute Gasteiger partial charge is 0.388 e. The Morgan fingerprint density at radius 2 is 1.70 bits per heavy atom. The molecule has 0 unspecified atom stereocenters. The zero-order valence-corrected chi connectivity index (χ0v) is 16.4. The molecule has 27 heavy (non-hydrogen) atoms. The number of rotatable bonds is 6. The van der Waals surface area contributed by atoms with E-state index in [0.717, 1.165) is 44.6 Å². The molecule has 2 aromatic carbocycles. The highest BCUT2D eigenvalue weighted by Crippen LogP contribution is 2.25. The lowest BCUT2D eigenvalue weighted by molar-refractivity contribution is -0.0137. The van der Waals surface area contributed by atoms with Gasteiger partial charge in [-0.3, -0.25) is 0 Å². The van der Waals surface area contributed by atoms with Crippen molar-refractivity contribution in [3.05, 3.63) is 65.2 Å². The molecule has 3 rings (SSSR count). The number of benzene rings is 2. The molecule has 0 aliphatic carbocycles. The van der Waals surface area contributed by atoms with Crippen LogP contribution in [0.1, 0.15) is 29.5 Å². The lowest BCUT2D eigenvalue weighted by atomic mass is 9.90. The first-order valence-corrected chi connectivity index (χ1v) is 9.69. The molecule has 1 aliphatic rings. The van der Waals surface area contributed by atoms with Crippen molar-refractivity contribution in [3.8, 4) is 6.07 Å². The Hall–Kier alpha value is -2.35. The minimum absolute atomic E-state index is 0.620. The number of nitrogens with zero attached hydrogens (tertiary/aromatic N) is 3. The molecule has 1 N–H and O–H groups in total. The Morgan fingerprint density at radius 3 is 2.30 bits per heavy atom.